The summed E-state index contributed by atoms with van der Waals surface area (Å²) in [6.45, 7) is 5.11. The zero-order valence-electron chi connectivity index (χ0n) is 11.4. The first-order valence-electron chi connectivity index (χ1n) is 7.00. The summed E-state index contributed by atoms with van der Waals surface area (Å²) in [5.74, 6) is 3.95. The Kier molecular flexibility index (Phi) is 5.29. The average molecular weight is 265 g/mol. The second kappa shape index (κ2) is 6.98. The molecule has 0 saturated heterocycles. The van der Waals surface area contributed by atoms with Gasteiger partial charge in [0.25, 0.3) is 0 Å². The Morgan fingerprint density at radius 3 is 2.83 bits per heavy atom. The van der Waals surface area contributed by atoms with E-state index in [1.165, 1.54) is 31.4 Å². The van der Waals surface area contributed by atoms with Crippen LogP contribution in [0.4, 0.5) is 5.82 Å². The lowest BCUT2D eigenvalue weighted by Gasteiger charge is -2.10. The Morgan fingerprint density at radius 1 is 1.33 bits per heavy atom. The monoisotopic (exact) mass is 265 g/mol. The molecule has 2 rings (SSSR count). The van der Waals surface area contributed by atoms with Crippen molar-refractivity contribution in [3.63, 3.8) is 0 Å². The van der Waals surface area contributed by atoms with Gasteiger partial charge in [0.05, 0.1) is 0 Å². The third kappa shape index (κ3) is 4.16. The van der Waals surface area contributed by atoms with Crippen molar-refractivity contribution in [1.29, 1.82) is 0 Å². The molecular formula is C14H23N3S. The van der Waals surface area contributed by atoms with Gasteiger partial charge < -0.3 is 5.32 Å². The van der Waals surface area contributed by atoms with Gasteiger partial charge in [0.15, 0.2) is 0 Å². The lowest BCUT2D eigenvalue weighted by molar-refractivity contribution is 0.622. The van der Waals surface area contributed by atoms with Crippen LogP contribution in [-0.2, 0) is 0 Å². The van der Waals surface area contributed by atoms with Gasteiger partial charge in [0.2, 0.25) is 0 Å². The van der Waals surface area contributed by atoms with Crippen molar-refractivity contribution >= 4 is 17.6 Å². The number of nitrogens with zero attached hydrogens (tertiary/aromatic N) is 2. The number of rotatable bonds is 6. The molecule has 100 valence electrons. The molecule has 3 nitrogen and oxygen atoms in total. The molecule has 1 fully saturated rings. The summed E-state index contributed by atoms with van der Waals surface area (Å²) >= 11 is 1.89. The zero-order valence-corrected chi connectivity index (χ0v) is 12.2. The van der Waals surface area contributed by atoms with Crippen LogP contribution in [0.15, 0.2) is 11.1 Å². The maximum atomic E-state index is 4.51. The van der Waals surface area contributed by atoms with E-state index in [1.807, 2.05) is 18.7 Å². The number of hydrogen-bond acceptors (Lipinski definition) is 4. The van der Waals surface area contributed by atoms with Crippen LogP contribution in [-0.4, -0.2) is 22.3 Å². The predicted octanol–water partition coefficient (Wildman–Crippen LogP) is 3.89. The molecule has 1 aromatic rings. The quantitative estimate of drug-likeness (QED) is 0.625. The van der Waals surface area contributed by atoms with Crippen LogP contribution in [0.3, 0.4) is 0 Å². The Hall–Kier alpha value is -0.770. The molecule has 0 radical (unpaired) electrons. The number of anilines is 1. The molecule has 0 aliphatic heterocycles. The molecule has 0 atom stereocenters. The SMILES string of the molecule is CCCNc1cc(SCC2CCCC2)nc(C)n1. The van der Waals surface area contributed by atoms with Gasteiger partial charge in [-0.25, -0.2) is 9.97 Å². The van der Waals surface area contributed by atoms with E-state index in [2.05, 4.69) is 28.3 Å². The summed E-state index contributed by atoms with van der Waals surface area (Å²) < 4.78 is 0. The molecule has 0 unspecified atom stereocenters. The molecule has 4 heteroatoms. The van der Waals surface area contributed by atoms with Crippen molar-refractivity contribution < 1.29 is 0 Å². The highest BCUT2D eigenvalue weighted by Crippen LogP contribution is 2.30. The van der Waals surface area contributed by atoms with Crippen molar-refractivity contribution in [1.82, 2.24) is 9.97 Å². The van der Waals surface area contributed by atoms with Crippen LogP contribution >= 0.6 is 11.8 Å². The maximum absolute atomic E-state index is 4.51. The third-order valence-corrected chi connectivity index (χ3v) is 4.46. The largest absolute Gasteiger partial charge is 0.370 e. The third-order valence-electron chi connectivity index (χ3n) is 3.31. The summed E-state index contributed by atoms with van der Waals surface area (Å²) in [5.41, 5.74) is 0. The first-order chi connectivity index (χ1) is 8.78. The standard InChI is InChI=1S/C14H23N3S/c1-3-8-15-13-9-14(17-11(2)16-13)18-10-12-6-4-5-7-12/h9,12H,3-8,10H2,1-2H3,(H,15,16,17). The number of thioether (sulfide) groups is 1. The van der Waals surface area contributed by atoms with E-state index in [-0.39, 0.29) is 0 Å². The van der Waals surface area contributed by atoms with Crippen LogP contribution in [0.2, 0.25) is 0 Å². The molecule has 0 spiro atoms. The smallest absolute Gasteiger partial charge is 0.130 e. The van der Waals surface area contributed by atoms with Crippen molar-refractivity contribution in [2.45, 2.75) is 51.0 Å². The first-order valence-corrected chi connectivity index (χ1v) is 7.99. The summed E-state index contributed by atoms with van der Waals surface area (Å²) in [4.78, 5) is 8.93. The van der Waals surface area contributed by atoms with E-state index >= 15 is 0 Å². The molecule has 1 N–H and O–H groups in total. The molecule has 0 aromatic carbocycles. The average Bonchev–Trinajstić information content (AvgIpc) is 2.86. The zero-order chi connectivity index (χ0) is 12.8. The van der Waals surface area contributed by atoms with Crippen LogP contribution in [0.5, 0.6) is 0 Å². The second-order valence-electron chi connectivity index (χ2n) is 5.03. The fourth-order valence-electron chi connectivity index (χ4n) is 2.34. The Balaban J connectivity index is 1.91. The minimum Gasteiger partial charge on any atom is -0.370 e. The fraction of sp³-hybridized carbons (Fsp3) is 0.714. The first kappa shape index (κ1) is 13.7. The van der Waals surface area contributed by atoms with E-state index in [9.17, 15) is 0 Å². The van der Waals surface area contributed by atoms with Crippen molar-refractivity contribution in [2.75, 3.05) is 17.6 Å². The summed E-state index contributed by atoms with van der Waals surface area (Å²) in [5, 5.41) is 4.46. The number of aromatic nitrogens is 2. The molecule has 1 aliphatic carbocycles. The molecule has 18 heavy (non-hydrogen) atoms. The van der Waals surface area contributed by atoms with E-state index in [1.54, 1.807) is 0 Å². The van der Waals surface area contributed by atoms with Gasteiger partial charge in [-0.1, -0.05) is 19.8 Å². The van der Waals surface area contributed by atoms with Gasteiger partial charge >= 0.3 is 0 Å². The van der Waals surface area contributed by atoms with Crippen molar-refractivity contribution in [3.8, 4) is 0 Å². The van der Waals surface area contributed by atoms with Gasteiger partial charge in [-0.2, -0.15) is 0 Å². The molecule has 0 amide bonds. The van der Waals surface area contributed by atoms with E-state index in [0.717, 1.165) is 35.6 Å². The van der Waals surface area contributed by atoms with Crippen LogP contribution in [0, 0.1) is 12.8 Å². The molecule has 1 heterocycles. The highest BCUT2D eigenvalue weighted by Gasteiger charge is 2.15. The second-order valence-corrected chi connectivity index (χ2v) is 6.07. The minimum atomic E-state index is 0.866. The van der Waals surface area contributed by atoms with Crippen LogP contribution in [0.25, 0.3) is 0 Å². The van der Waals surface area contributed by atoms with E-state index in [0.29, 0.717) is 0 Å². The lowest BCUT2D eigenvalue weighted by Crippen LogP contribution is -2.04. The number of nitrogens with one attached hydrogen (secondary N) is 1. The molecule has 1 aromatic heterocycles. The van der Waals surface area contributed by atoms with Gasteiger partial charge in [-0.05, 0) is 32.1 Å². The summed E-state index contributed by atoms with van der Waals surface area (Å²) in [6.07, 6.45) is 6.75. The maximum Gasteiger partial charge on any atom is 0.130 e. The van der Waals surface area contributed by atoms with Gasteiger partial charge in [-0.3, -0.25) is 0 Å². The highest BCUT2D eigenvalue weighted by atomic mass is 32.2. The number of hydrogen-bond donors (Lipinski definition) is 1. The number of aryl methyl sites for hydroxylation is 1. The molecule has 1 saturated carbocycles. The van der Waals surface area contributed by atoms with Crippen molar-refractivity contribution in [2.24, 2.45) is 5.92 Å². The summed E-state index contributed by atoms with van der Waals surface area (Å²) in [7, 11) is 0. The van der Waals surface area contributed by atoms with E-state index in [4.69, 9.17) is 0 Å². The molecule has 0 bridgehead atoms. The van der Waals surface area contributed by atoms with Gasteiger partial charge in [0.1, 0.15) is 16.7 Å². The Morgan fingerprint density at radius 2 is 2.11 bits per heavy atom. The van der Waals surface area contributed by atoms with Crippen molar-refractivity contribution in [3.05, 3.63) is 11.9 Å². The summed E-state index contributed by atoms with van der Waals surface area (Å²) in [6, 6.07) is 2.09. The van der Waals surface area contributed by atoms with Crippen LogP contribution < -0.4 is 5.32 Å². The van der Waals surface area contributed by atoms with E-state index < -0.39 is 0 Å². The predicted molar refractivity (Wildman–Crippen MR) is 78.2 cm³/mol. The molecular weight excluding hydrogens is 242 g/mol. The Labute approximate surface area is 114 Å². The topological polar surface area (TPSA) is 37.8 Å². The highest BCUT2D eigenvalue weighted by molar-refractivity contribution is 7.99. The lowest BCUT2D eigenvalue weighted by atomic mass is 10.1. The van der Waals surface area contributed by atoms with Gasteiger partial charge in [0, 0.05) is 18.4 Å². The Bertz CT molecular complexity index is 375. The minimum absolute atomic E-state index is 0.866. The molecule has 1 aliphatic rings. The normalized spacial score (nSPS) is 16.1. The fourth-order valence-corrected chi connectivity index (χ4v) is 3.47. The van der Waals surface area contributed by atoms with Gasteiger partial charge in [-0.15, -0.1) is 11.8 Å². The van der Waals surface area contributed by atoms with Crippen LogP contribution in [0.1, 0.15) is 44.9 Å².